The van der Waals surface area contributed by atoms with Crippen molar-refractivity contribution in [3.8, 4) is 11.5 Å². The van der Waals surface area contributed by atoms with Gasteiger partial charge in [0.1, 0.15) is 29.3 Å². The molecule has 0 amide bonds. The van der Waals surface area contributed by atoms with Crippen molar-refractivity contribution in [2.24, 2.45) is 0 Å². The van der Waals surface area contributed by atoms with Crippen LogP contribution in [-0.2, 0) is 9.59 Å². The van der Waals surface area contributed by atoms with Gasteiger partial charge in [0.2, 0.25) is 0 Å². The number of hydrogen-bond donors (Lipinski definition) is 0. The third-order valence-corrected chi connectivity index (χ3v) is 3.94. The van der Waals surface area contributed by atoms with Gasteiger partial charge < -0.3 is 33.7 Å². The molecule has 1 aromatic heterocycles. The van der Waals surface area contributed by atoms with Crippen molar-refractivity contribution in [2.75, 3.05) is 0 Å². The highest BCUT2D eigenvalue weighted by Crippen LogP contribution is 2.36. The van der Waals surface area contributed by atoms with Gasteiger partial charge in [-0.1, -0.05) is 18.2 Å². The van der Waals surface area contributed by atoms with E-state index >= 15 is 0 Å². The van der Waals surface area contributed by atoms with Crippen molar-refractivity contribution in [2.45, 2.75) is 26.1 Å². The topological polar surface area (TPSA) is 129 Å². The van der Waals surface area contributed by atoms with Crippen molar-refractivity contribution >= 4 is 33.7 Å². The molecule has 2 aromatic carbocycles. The van der Waals surface area contributed by atoms with Gasteiger partial charge in [-0.3, -0.25) is 0 Å². The number of fused-ring (bicyclic) bond motifs is 3. The number of rotatable bonds is 6. The maximum Gasteiger partial charge on any atom is 0.344 e. The fourth-order valence-corrected chi connectivity index (χ4v) is 2.60. The summed E-state index contributed by atoms with van der Waals surface area (Å²) in [5, 5.41) is 23.1. The van der Waals surface area contributed by atoms with E-state index in [2.05, 4.69) is 0 Å². The van der Waals surface area contributed by atoms with Gasteiger partial charge in [-0.2, -0.15) is 0 Å². The smallest absolute Gasteiger partial charge is 0.344 e. The van der Waals surface area contributed by atoms with E-state index in [1.54, 1.807) is 24.3 Å². The van der Waals surface area contributed by atoms with E-state index in [-0.39, 0.29) is 22.5 Å². The highest BCUT2D eigenvalue weighted by Gasteiger charge is 2.17. The van der Waals surface area contributed by atoms with Crippen molar-refractivity contribution in [3.63, 3.8) is 0 Å². The fourth-order valence-electron chi connectivity index (χ4n) is 2.60. The molecular weight excluding hydrogens is 356 g/mol. The Morgan fingerprint density at radius 1 is 0.963 bits per heavy atom. The van der Waals surface area contributed by atoms with Crippen molar-refractivity contribution in [3.05, 3.63) is 46.8 Å². The molecule has 0 N–H and O–H groups in total. The van der Waals surface area contributed by atoms with Crippen LogP contribution in [0.15, 0.2) is 45.6 Å². The van der Waals surface area contributed by atoms with E-state index in [9.17, 15) is 24.6 Å². The van der Waals surface area contributed by atoms with Crippen molar-refractivity contribution in [1.29, 1.82) is 0 Å². The van der Waals surface area contributed by atoms with Crippen LogP contribution in [0.4, 0.5) is 0 Å². The van der Waals surface area contributed by atoms with Gasteiger partial charge in [0, 0.05) is 17.5 Å². The zero-order valence-corrected chi connectivity index (χ0v) is 14.4. The Morgan fingerprint density at radius 3 is 2.19 bits per heavy atom. The molecule has 0 aliphatic heterocycles. The molecule has 8 nitrogen and oxygen atoms in total. The first-order chi connectivity index (χ1) is 12.8. The zero-order chi connectivity index (χ0) is 19.7. The Hall–Kier alpha value is -3.55. The molecule has 0 bridgehead atoms. The molecule has 0 saturated carbocycles. The molecule has 1 heterocycles. The van der Waals surface area contributed by atoms with Crippen LogP contribution in [0.2, 0.25) is 0 Å². The van der Waals surface area contributed by atoms with Gasteiger partial charge >= 0.3 is 5.63 Å². The van der Waals surface area contributed by atoms with E-state index in [0.29, 0.717) is 10.8 Å². The number of carboxylic acids is 2. The molecule has 27 heavy (non-hydrogen) atoms. The maximum absolute atomic E-state index is 12.2. The predicted octanol–water partition coefficient (Wildman–Crippen LogP) is -0.0194. The minimum absolute atomic E-state index is 0.0122. The Kier molecular flexibility index (Phi) is 4.72. The Labute approximate surface area is 152 Å². The predicted molar refractivity (Wildman–Crippen MR) is 90.2 cm³/mol. The van der Waals surface area contributed by atoms with Crippen LogP contribution >= 0.6 is 0 Å². The molecule has 140 valence electrons. The second-order valence-electron chi connectivity index (χ2n) is 5.89. The SMILES string of the molecule is C[C@H](Oc1cc(O[C@H](C)C(=O)[O-])c2c(c1)oc(=O)c1ccccc12)C(=O)[O-]. The van der Waals surface area contributed by atoms with Gasteiger partial charge in [-0.15, -0.1) is 0 Å². The lowest BCUT2D eigenvalue weighted by molar-refractivity contribution is -0.313. The number of carbonyl (C=O) groups excluding carboxylic acids is 2. The molecule has 0 fully saturated rings. The van der Waals surface area contributed by atoms with E-state index in [1.807, 2.05) is 0 Å². The largest absolute Gasteiger partial charge is 0.546 e. The highest BCUT2D eigenvalue weighted by atomic mass is 16.5. The van der Waals surface area contributed by atoms with Crippen LogP contribution in [0.25, 0.3) is 21.7 Å². The average Bonchev–Trinajstić information content (AvgIpc) is 2.61. The summed E-state index contributed by atoms with van der Waals surface area (Å²) in [6, 6.07) is 9.25. The molecule has 0 spiro atoms. The van der Waals surface area contributed by atoms with Crippen LogP contribution in [0.5, 0.6) is 11.5 Å². The molecule has 3 aromatic rings. The molecular formula is C19H14O8-2. The van der Waals surface area contributed by atoms with E-state index in [4.69, 9.17) is 13.9 Å². The first-order valence-corrected chi connectivity index (χ1v) is 8.02. The van der Waals surface area contributed by atoms with Gasteiger partial charge in [-0.25, -0.2) is 4.79 Å². The summed E-state index contributed by atoms with van der Waals surface area (Å²) in [5.41, 5.74) is -0.551. The van der Waals surface area contributed by atoms with Crippen molar-refractivity contribution < 1.29 is 33.7 Å². The van der Waals surface area contributed by atoms with Crippen LogP contribution in [0.1, 0.15) is 13.8 Å². The van der Waals surface area contributed by atoms with Crippen molar-refractivity contribution in [1.82, 2.24) is 0 Å². The Bertz CT molecular complexity index is 1100. The van der Waals surface area contributed by atoms with Gasteiger partial charge in [-0.05, 0) is 19.9 Å². The quantitative estimate of drug-likeness (QED) is 0.437. The minimum atomic E-state index is -1.45. The van der Waals surface area contributed by atoms with E-state index < -0.39 is 29.8 Å². The number of carboxylic acid groups (broad SMARTS) is 2. The fraction of sp³-hybridized carbons (Fsp3) is 0.211. The van der Waals surface area contributed by atoms with E-state index in [0.717, 1.165) is 0 Å². The van der Waals surface area contributed by atoms with Crippen LogP contribution in [-0.4, -0.2) is 24.1 Å². The summed E-state index contributed by atoms with van der Waals surface area (Å²) in [4.78, 5) is 34.2. The summed E-state index contributed by atoms with van der Waals surface area (Å²) < 4.78 is 16.0. The lowest BCUT2D eigenvalue weighted by Crippen LogP contribution is -2.37. The lowest BCUT2D eigenvalue weighted by atomic mass is 10.1. The molecule has 0 aliphatic rings. The van der Waals surface area contributed by atoms with Gasteiger partial charge in [0.15, 0.2) is 0 Å². The number of carbonyl (C=O) groups is 2. The van der Waals surface area contributed by atoms with Gasteiger partial charge in [0.25, 0.3) is 0 Å². The second-order valence-corrected chi connectivity index (χ2v) is 5.89. The second kappa shape index (κ2) is 6.99. The summed E-state index contributed by atoms with van der Waals surface area (Å²) in [6.07, 6.45) is -2.60. The first-order valence-electron chi connectivity index (χ1n) is 8.02. The number of ether oxygens (including phenoxy) is 2. The summed E-state index contributed by atoms with van der Waals surface area (Å²) >= 11 is 0. The zero-order valence-electron chi connectivity index (χ0n) is 14.4. The third-order valence-electron chi connectivity index (χ3n) is 3.94. The summed E-state index contributed by atoms with van der Waals surface area (Å²) in [6.45, 7) is 2.54. The van der Waals surface area contributed by atoms with Crippen LogP contribution in [0, 0.1) is 0 Å². The molecule has 0 aliphatic carbocycles. The normalized spacial score (nSPS) is 13.3. The molecule has 2 atom stereocenters. The van der Waals surface area contributed by atoms with Crippen LogP contribution < -0.4 is 25.3 Å². The number of hydrogen-bond acceptors (Lipinski definition) is 8. The molecule has 0 unspecified atom stereocenters. The monoisotopic (exact) mass is 370 g/mol. The standard InChI is InChI=1S/C19H16O8/c1-9(17(20)21)25-11-7-14(26-10(2)18(22)23)16-12-5-3-4-6-13(12)19(24)27-15(16)8-11/h3-10H,1-2H3,(H,20,21)(H,22,23)/p-2/t9-,10+/m0/s1. The number of benzene rings is 2. The first kappa shape index (κ1) is 18.2. The molecule has 0 radical (unpaired) electrons. The Balaban J connectivity index is 2.28. The lowest BCUT2D eigenvalue weighted by Gasteiger charge is -2.20. The Morgan fingerprint density at radius 2 is 1.56 bits per heavy atom. The molecule has 8 heteroatoms. The summed E-state index contributed by atoms with van der Waals surface area (Å²) in [5.74, 6) is -2.83. The van der Waals surface area contributed by atoms with E-state index in [1.165, 1.54) is 26.0 Å². The molecule has 0 saturated heterocycles. The number of aliphatic carboxylic acids is 2. The average molecular weight is 370 g/mol. The summed E-state index contributed by atoms with van der Waals surface area (Å²) in [7, 11) is 0. The highest BCUT2D eigenvalue weighted by molar-refractivity contribution is 6.08. The minimum Gasteiger partial charge on any atom is -0.546 e. The third kappa shape index (κ3) is 3.55. The van der Waals surface area contributed by atoms with Crippen LogP contribution in [0.3, 0.4) is 0 Å². The molecule has 3 rings (SSSR count). The maximum atomic E-state index is 12.2. The van der Waals surface area contributed by atoms with Gasteiger partial charge in [0.05, 0.1) is 22.7 Å².